The van der Waals surface area contributed by atoms with Gasteiger partial charge in [-0.05, 0) is 18.6 Å². The van der Waals surface area contributed by atoms with E-state index in [4.69, 9.17) is 9.52 Å². The lowest BCUT2D eigenvalue weighted by Gasteiger charge is -2.27. The summed E-state index contributed by atoms with van der Waals surface area (Å²) in [5.41, 5.74) is 0. The van der Waals surface area contributed by atoms with Crippen molar-refractivity contribution < 1.29 is 23.9 Å². The lowest BCUT2D eigenvalue weighted by molar-refractivity contribution is -0.139. The van der Waals surface area contributed by atoms with Gasteiger partial charge in [-0.1, -0.05) is 0 Å². The first-order valence-electron chi connectivity index (χ1n) is 6.31. The monoisotopic (exact) mass is 280 g/mol. The zero-order valence-electron chi connectivity index (χ0n) is 11.1. The highest BCUT2D eigenvalue weighted by Gasteiger charge is 2.28. The Kier molecular flexibility index (Phi) is 4.07. The van der Waals surface area contributed by atoms with Crippen LogP contribution in [0.15, 0.2) is 16.5 Å². The van der Waals surface area contributed by atoms with E-state index >= 15 is 0 Å². The fourth-order valence-electron chi connectivity index (χ4n) is 2.07. The number of hydrogen-bond acceptors (Lipinski definition) is 4. The summed E-state index contributed by atoms with van der Waals surface area (Å²) < 4.78 is 5.03. The second kappa shape index (κ2) is 5.77. The maximum absolute atomic E-state index is 11.9. The Bertz CT molecular complexity index is 537. The van der Waals surface area contributed by atoms with Crippen LogP contribution in [0.1, 0.15) is 29.2 Å². The third-order valence-corrected chi connectivity index (χ3v) is 3.34. The van der Waals surface area contributed by atoms with Gasteiger partial charge >= 0.3 is 5.97 Å². The van der Waals surface area contributed by atoms with Gasteiger partial charge in [-0.25, -0.2) is 4.79 Å². The number of carbonyl (C=O) groups excluding carboxylic acids is 2. The number of amides is 2. The molecule has 1 unspecified atom stereocenters. The van der Waals surface area contributed by atoms with Gasteiger partial charge in [0.15, 0.2) is 0 Å². The maximum atomic E-state index is 11.9. The summed E-state index contributed by atoms with van der Waals surface area (Å²) in [6.45, 7) is 0.688. The normalized spacial score (nSPS) is 18.9. The molecule has 1 saturated heterocycles. The summed E-state index contributed by atoms with van der Waals surface area (Å²) in [7, 11) is 1.72. The molecule has 20 heavy (non-hydrogen) atoms. The third-order valence-electron chi connectivity index (χ3n) is 3.34. The number of carbonyl (C=O) groups is 3. The van der Waals surface area contributed by atoms with Crippen LogP contribution in [0.3, 0.4) is 0 Å². The van der Waals surface area contributed by atoms with E-state index in [-0.39, 0.29) is 36.5 Å². The second-order valence-corrected chi connectivity index (χ2v) is 4.79. The van der Waals surface area contributed by atoms with E-state index in [0.717, 1.165) is 0 Å². The standard InChI is InChI=1S/C13H16N2O5/c1-15-5-4-8(6-11(15)16)12(17)14-7-9-2-3-10(20-9)13(18)19/h2-3,8H,4-7H2,1H3,(H,14,17)(H,18,19). The minimum Gasteiger partial charge on any atom is -0.475 e. The summed E-state index contributed by atoms with van der Waals surface area (Å²) in [6.07, 6.45) is 0.841. The van der Waals surface area contributed by atoms with Gasteiger partial charge in [-0.15, -0.1) is 0 Å². The summed E-state index contributed by atoms with van der Waals surface area (Å²) in [5.74, 6) is -1.52. The van der Waals surface area contributed by atoms with Crippen LogP contribution in [-0.4, -0.2) is 41.4 Å². The van der Waals surface area contributed by atoms with Crippen molar-refractivity contribution in [1.29, 1.82) is 0 Å². The predicted octanol–water partition coefficient (Wildman–Crippen LogP) is 0.462. The molecule has 108 valence electrons. The number of nitrogens with one attached hydrogen (secondary N) is 1. The van der Waals surface area contributed by atoms with Crippen molar-refractivity contribution in [2.24, 2.45) is 5.92 Å². The van der Waals surface area contributed by atoms with Crippen LogP contribution in [0.5, 0.6) is 0 Å². The third kappa shape index (κ3) is 3.17. The van der Waals surface area contributed by atoms with Crippen molar-refractivity contribution in [2.45, 2.75) is 19.4 Å². The highest BCUT2D eigenvalue weighted by molar-refractivity contribution is 5.87. The van der Waals surface area contributed by atoms with Crippen molar-refractivity contribution in [2.75, 3.05) is 13.6 Å². The highest BCUT2D eigenvalue weighted by atomic mass is 16.4. The first-order valence-corrected chi connectivity index (χ1v) is 6.31. The largest absolute Gasteiger partial charge is 0.475 e. The first-order chi connectivity index (χ1) is 9.47. The Morgan fingerprint density at radius 3 is 2.85 bits per heavy atom. The number of nitrogens with zero attached hydrogens (tertiary/aromatic N) is 1. The molecule has 0 aliphatic carbocycles. The van der Waals surface area contributed by atoms with Crippen molar-refractivity contribution in [1.82, 2.24) is 10.2 Å². The number of rotatable bonds is 4. The van der Waals surface area contributed by atoms with E-state index in [1.54, 1.807) is 11.9 Å². The Labute approximate surface area is 115 Å². The summed E-state index contributed by atoms with van der Waals surface area (Å²) >= 11 is 0. The fraction of sp³-hybridized carbons (Fsp3) is 0.462. The predicted molar refractivity (Wildman–Crippen MR) is 67.9 cm³/mol. The molecular weight excluding hydrogens is 264 g/mol. The molecule has 1 atom stereocenters. The SMILES string of the molecule is CN1CCC(C(=O)NCc2ccc(C(=O)O)o2)CC1=O. The minimum absolute atomic E-state index is 0.0393. The van der Waals surface area contributed by atoms with Gasteiger partial charge in [0.25, 0.3) is 0 Å². The van der Waals surface area contributed by atoms with E-state index in [0.29, 0.717) is 18.7 Å². The molecule has 2 amide bonds. The quantitative estimate of drug-likeness (QED) is 0.834. The molecule has 2 heterocycles. The molecule has 1 aliphatic heterocycles. The zero-order valence-corrected chi connectivity index (χ0v) is 11.1. The van der Waals surface area contributed by atoms with Crippen LogP contribution in [0.2, 0.25) is 0 Å². The van der Waals surface area contributed by atoms with E-state index in [9.17, 15) is 14.4 Å². The molecule has 1 aromatic rings. The number of likely N-dealkylation sites (tertiary alicyclic amines) is 1. The molecule has 1 aromatic heterocycles. The molecule has 0 saturated carbocycles. The van der Waals surface area contributed by atoms with E-state index in [1.165, 1.54) is 12.1 Å². The summed E-state index contributed by atoms with van der Waals surface area (Å²) in [6, 6.07) is 2.84. The van der Waals surface area contributed by atoms with E-state index < -0.39 is 5.97 Å². The highest BCUT2D eigenvalue weighted by Crippen LogP contribution is 2.17. The van der Waals surface area contributed by atoms with Crippen molar-refractivity contribution in [3.8, 4) is 0 Å². The van der Waals surface area contributed by atoms with Crippen molar-refractivity contribution in [3.05, 3.63) is 23.7 Å². The van der Waals surface area contributed by atoms with Gasteiger partial charge in [0, 0.05) is 25.9 Å². The average molecular weight is 280 g/mol. The van der Waals surface area contributed by atoms with E-state index in [1.807, 2.05) is 0 Å². The maximum Gasteiger partial charge on any atom is 0.371 e. The topological polar surface area (TPSA) is 99.8 Å². The van der Waals surface area contributed by atoms with Gasteiger partial charge < -0.3 is 19.7 Å². The van der Waals surface area contributed by atoms with Crippen LogP contribution in [0, 0.1) is 5.92 Å². The Balaban J connectivity index is 1.85. The number of aromatic carboxylic acids is 1. The number of carboxylic acid groups (broad SMARTS) is 1. The summed E-state index contributed by atoms with van der Waals surface area (Å²) in [4.78, 5) is 35.7. The van der Waals surface area contributed by atoms with E-state index in [2.05, 4.69) is 5.32 Å². The van der Waals surface area contributed by atoms with Crippen LogP contribution in [-0.2, 0) is 16.1 Å². The summed E-state index contributed by atoms with van der Waals surface area (Å²) in [5, 5.41) is 11.4. The Morgan fingerprint density at radius 1 is 1.50 bits per heavy atom. The molecular formula is C13H16N2O5. The van der Waals surface area contributed by atoms with Gasteiger partial charge in [-0.3, -0.25) is 9.59 Å². The second-order valence-electron chi connectivity index (χ2n) is 4.79. The molecule has 1 fully saturated rings. The number of piperidine rings is 1. The first kappa shape index (κ1) is 14.1. The lowest BCUT2D eigenvalue weighted by Crippen LogP contribution is -2.41. The molecule has 0 aromatic carbocycles. The molecule has 0 bridgehead atoms. The van der Waals surface area contributed by atoms with Gasteiger partial charge in [0.2, 0.25) is 17.6 Å². The molecule has 7 nitrogen and oxygen atoms in total. The van der Waals surface area contributed by atoms with Gasteiger partial charge in [0.05, 0.1) is 6.54 Å². The molecule has 0 radical (unpaired) electrons. The minimum atomic E-state index is -1.15. The molecule has 2 N–H and O–H groups in total. The fourth-order valence-corrected chi connectivity index (χ4v) is 2.07. The average Bonchev–Trinajstić information content (AvgIpc) is 2.88. The molecule has 0 spiro atoms. The molecule has 1 aliphatic rings. The van der Waals surface area contributed by atoms with Crippen LogP contribution >= 0.6 is 0 Å². The lowest BCUT2D eigenvalue weighted by atomic mass is 9.95. The molecule has 2 rings (SSSR count). The van der Waals surface area contributed by atoms with Crippen LogP contribution < -0.4 is 5.32 Å². The zero-order chi connectivity index (χ0) is 14.7. The Hall–Kier alpha value is -2.31. The van der Waals surface area contributed by atoms with Gasteiger partial charge in [0.1, 0.15) is 5.76 Å². The number of furan rings is 1. The number of carboxylic acids is 1. The Morgan fingerprint density at radius 2 is 2.25 bits per heavy atom. The smallest absolute Gasteiger partial charge is 0.371 e. The van der Waals surface area contributed by atoms with Crippen molar-refractivity contribution in [3.63, 3.8) is 0 Å². The van der Waals surface area contributed by atoms with Crippen LogP contribution in [0.4, 0.5) is 0 Å². The van der Waals surface area contributed by atoms with Crippen molar-refractivity contribution >= 4 is 17.8 Å². The van der Waals surface area contributed by atoms with Crippen LogP contribution in [0.25, 0.3) is 0 Å². The van der Waals surface area contributed by atoms with Gasteiger partial charge in [-0.2, -0.15) is 0 Å². The number of hydrogen-bond donors (Lipinski definition) is 2. The molecule has 7 heteroatoms.